The molecule has 0 unspecified atom stereocenters. The third kappa shape index (κ3) is 1.90. The first-order valence-electron chi connectivity index (χ1n) is 5.67. The molecular formula is C12H15N3S. The van der Waals surface area contributed by atoms with Crippen LogP contribution in [-0.4, -0.2) is 9.78 Å². The summed E-state index contributed by atoms with van der Waals surface area (Å²) in [5, 5.41) is 6.73. The molecule has 16 heavy (non-hydrogen) atoms. The third-order valence-corrected chi connectivity index (χ3v) is 3.83. The first-order valence-corrected chi connectivity index (χ1v) is 6.55. The van der Waals surface area contributed by atoms with E-state index in [-0.39, 0.29) is 0 Å². The number of hydrogen-bond acceptors (Lipinski definition) is 3. The van der Waals surface area contributed by atoms with Gasteiger partial charge in [-0.1, -0.05) is 6.07 Å². The average molecular weight is 233 g/mol. The molecule has 0 radical (unpaired) electrons. The van der Waals surface area contributed by atoms with E-state index in [0.29, 0.717) is 6.54 Å². The minimum absolute atomic E-state index is 0.567. The Labute approximate surface area is 98.9 Å². The smallest absolute Gasteiger partial charge is 0.107 e. The van der Waals surface area contributed by atoms with Crippen LogP contribution in [0.1, 0.15) is 18.4 Å². The van der Waals surface area contributed by atoms with Gasteiger partial charge in [0, 0.05) is 24.8 Å². The first kappa shape index (κ1) is 10.1. The zero-order chi connectivity index (χ0) is 11.0. The van der Waals surface area contributed by atoms with Crippen LogP contribution in [0.2, 0.25) is 0 Å². The van der Waals surface area contributed by atoms with Gasteiger partial charge in [-0.2, -0.15) is 5.10 Å². The molecule has 4 heteroatoms. The summed E-state index contributed by atoms with van der Waals surface area (Å²) in [4.78, 5) is 1.22. The molecule has 0 atom stereocenters. The van der Waals surface area contributed by atoms with E-state index in [2.05, 4.69) is 33.5 Å². The molecule has 1 aliphatic carbocycles. The van der Waals surface area contributed by atoms with Crippen molar-refractivity contribution in [1.82, 2.24) is 9.78 Å². The van der Waals surface area contributed by atoms with Crippen molar-refractivity contribution in [1.29, 1.82) is 0 Å². The lowest BCUT2D eigenvalue weighted by molar-refractivity contribution is 0.564. The summed E-state index contributed by atoms with van der Waals surface area (Å²) < 4.78 is 2.06. The van der Waals surface area contributed by atoms with E-state index in [4.69, 9.17) is 5.73 Å². The highest BCUT2D eigenvalue weighted by atomic mass is 32.1. The molecule has 84 valence electrons. The number of nitrogens with two attached hydrogens (primary N) is 1. The Bertz CT molecular complexity index is 468. The van der Waals surface area contributed by atoms with Crippen LogP contribution in [0.25, 0.3) is 10.6 Å². The highest BCUT2D eigenvalue weighted by Gasteiger charge is 2.23. The van der Waals surface area contributed by atoms with Gasteiger partial charge in [0.05, 0.1) is 4.88 Å². The van der Waals surface area contributed by atoms with Gasteiger partial charge in [-0.25, -0.2) is 0 Å². The largest absolute Gasteiger partial charge is 0.326 e. The molecule has 0 saturated heterocycles. The monoisotopic (exact) mass is 233 g/mol. The number of hydrogen-bond donors (Lipinski definition) is 1. The summed E-state index contributed by atoms with van der Waals surface area (Å²) >= 11 is 1.72. The lowest BCUT2D eigenvalue weighted by Crippen LogP contribution is -2.00. The van der Waals surface area contributed by atoms with Crippen LogP contribution < -0.4 is 5.73 Å². The van der Waals surface area contributed by atoms with Crippen molar-refractivity contribution in [2.75, 3.05) is 0 Å². The minimum atomic E-state index is 0.567. The van der Waals surface area contributed by atoms with E-state index in [1.165, 1.54) is 17.7 Å². The van der Waals surface area contributed by atoms with Crippen molar-refractivity contribution in [3.8, 4) is 10.6 Å². The summed E-state index contributed by atoms with van der Waals surface area (Å²) in [6.45, 7) is 1.62. The van der Waals surface area contributed by atoms with Crippen molar-refractivity contribution in [3.63, 3.8) is 0 Å². The van der Waals surface area contributed by atoms with Gasteiger partial charge in [0.1, 0.15) is 5.69 Å². The van der Waals surface area contributed by atoms with Crippen LogP contribution >= 0.6 is 11.3 Å². The highest BCUT2D eigenvalue weighted by Crippen LogP contribution is 2.32. The fraction of sp³-hybridized carbons (Fsp3) is 0.417. The lowest BCUT2D eigenvalue weighted by Gasteiger charge is -1.96. The maximum Gasteiger partial charge on any atom is 0.107 e. The van der Waals surface area contributed by atoms with Gasteiger partial charge in [0.15, 0.2) is 0 Å². The van der Waals surface area contributed by atoms with Gasteiger partial charge in [0.2, 0.25) is 0 Å². The summed E-state index contributed by atoms with van der Waals surface area (Å²) in [6, 6.07) is 4.16. The molecule has 0 aromatic carbocycles. The standard InChI is InChI=1S/C12H15N3S/c13-6-10-8-15(7-9-3-4-9)14-12(10)11-2-1-5-16-11/h1-2,5,8-9H,3-4,6-7,13H2. The van der Waals surface area contributed by atoms with E-state index >= 15 is 0 Å². The van der Waals surface area contributed by atoms with E-state index in [1.807, 2.05) is 0 Å². The van der Waals surface area contributed by atoms with Gasteiger partial charge in [-0.05, 0) is 30.2 Å². The summed E-state index contributed by atoms with van der Waals surface area (Å²) in [5.74, 6) is 0.849. The SMILES string of the molecule is NCc1cn(CC2CC2)nc1-c1cccs1. The zero-order valence-corrected chi connectivity index (χ0v) is 9.91. The number of aromatic nitrogens is 2. The van der Waals surface area contributed by atoms with Crippen molar-refractivity contribution in [2.45, 2.75) is 25.9 Å². The molecule has 2 aromatic rings. The van der Waals surface area contributed by atoms with Gasteiger partial charge < -0.3 is 5.73 Å². The molecule has 1 aliphatic rings. The molecule has 0 amide bonds. The number of rotatable bonds is 4. The molecule has 3 rings (SSSR count). The van der Waals surface area contributed by atoms with E-state index in [9.17, 15) is 0 Å². The van der Waals surface area contributed by atoms with Gasteiger partial charge in [-0.3, -0.25) is 4.68 Å². The Balaban J connectivity index is 1.92. The number of nitrogens with zero attached hydrogens (tertiary/aromatic N) is 2. The predicted molar refractivity (Wildman–Crippen MR) is 66.2 cm³/mol. The van der Waals surface area contributed by atoms with E-state index < -0.39 is 0 Å². The molecule has 3 nitrogen and oxygen atoms in total. The summed E-state index contributed by atoms with van der Waals surface area (Å²) in [7, 11) is 0. The summed E-state index contributed by atoms with van der Waals surface area (Å²) in [5.41, 5.74) is 7.99. The molecule has 1 saturated carbocycles. The van der Waals surface area contributed by atoms with Crippen molar-refractivity contribution >= 4 is 11.3 Å². The molecule has 1 fully saturated rings. The predicted octanol–water partition coefficient (Wildman–Crippen LogP) is 2.48. The molecule has 2 N–H and O–H groups in total. The molecule has 2 aromatic heterocycles. The van der Waals surface area contributed by atoms with E-state index in [1.54, 1.807) is 11.3 Å². The Morgan fingerprint density at radius 2 is 2.38 bits per heavy atom. The van der Waals surface area contributed by atoms with Crippen LogP contribution in [0.5, 0.6) is 0 Å². The second-order valence-corrected chi connectivity index (χ2v) is 5.30. The van der Waals surface area contributed by atoms with Gasteiger partial charge in [0.25, 0.3) is 0 Å². The molecule has 0 aliphatic heterocycles. The Morgan fingerprint density at radius 3 is 3.00 bits per heavy atom. The maximum absolute atomic E-state index is 5.77. The highest BCUT2D eigenvalue weighted by molar-refractivity contribution is 7.13. The molecule has 2 heterocycles. The van der Waals surface area contributed by atoms with Crippen LogP contribution in [0.15, 0.2) is 23.7 Å². The topological polar surface area (TPSA) is 43.8 Å². The van der Waals surface area contributed by atoms with Crippen LogP contribution in [0.3, 0.4) is 0 Å². The number of thiophene rings is 1. The Morgan fingerprint density at radius 1 is 1.50 bits per heavy atom. The fourth-order valence-corrected chi connectivity index (χ4v) is 2.64. The zero-order valence-electron chi connectivity index (χ0n) is 9.10. The van der Waals surface area contributed by atoms with Gasteiger partial charge in [-0.15, -0.1) is 11.3 Å². The fourth-order valence-electron chi connectivity index (χ4n) is 1.89. The maximum atomic E-state index is 5.77. The molecular weight excluding hydrogens is 218 g/mol. The van der Waals surface area contributed by atoms with Crippen LogP contribution in [-0.2, 0) is 13.1 Å². The Hall–Kier alpha value is -1.13. The van der Waals surface area contributed by atoms with Crippen molar-refractivity contribution in [2.24, 2.45) is 11.7 Å². The van der Waals surface area contributed by atoms with Crippen LogP contribution in [0, 0.1) is 5.92 Å². The van der Waals surface area contributed by atoms with Crippen LogP contribution in [0.4, 0.5) is 0 Å². The summed E-state index contributed by atoms with van der Waals surface area (Å²) in [6.07, 6.45) is 4.81. The molecule has 0 spiro atoms. The van der Waals surface area contributed by atoms with E-state index in [0.717, 1.165) is 23.7 Å². The van der Waals surface area contributed by atoms with Gasteiger partial charge >= 0.3 is 0 Å². The average Bonchev–Trinajstić information content (AvgIpc) is 2.83. The third-order valence-electron chi connectivity index (χ3n) is 2.95. The normalized spacial score (nSPS) is 15.6. The first-order chi connectivity index (χ1) is 7.86. The van der Waals surface area contributed by atoms with Crippen molar-refractivity contribution < 1.29 is 0 Å². The second kappa shape index (κ2) is 4.03. The molecule has 0 bridgehead atoms. The minimum Gasteiger partial charge on any atom is -0.326 e. The lowest BCUT2D eigenvalue weighted by atomic mass is 10.2. The van der Waals surface area contributed by atoms with Crippen molar-refractivity contribution in [3.05, 3.63) is 29.3 Å². The quantitative estimate of drug-likeness (QED) is 0.881. The Kier molecular flexibility index (Phi) is 2.53. The second-order valence-electron chi connectivity index (χ2n) is 4.35.